The van der Waals surface area contributed by atoms with Crippen LogP contribution < -0.4 is 0 Å². The maximum absolute atomic E-state index is 6.86. The van der Waals surface area contributed by atoms with E-state index >= 15 is 0 Å². The molecule has 12 aromatic rings. The number of hydrogen-bond acceptors (Lipinski definition) is 2. The maximum Gasteiger partial charge on any atom is 0.139 e. The predicted molar refractivity (Wildman–Crippen MR) is 275 cm³/mol. The molecular weight excluding hydrogens is 813 g/mol. The molecule has 0 atom stereocenters. The second-order valence-electron chi connectivity index (χ2n) is 18.4. The van der Waals surface area contributed by atoms with Gasteiger partial charge in [0.2, 0.25) is 0 Å². The number of aryl methyl sites for hydroxylation is 1. The van der Waals surface area contributed by atoms with E-state index in [1.165, 1.54) is 93.8 Å². The van der Waals surface area contributed by atoms with Gasteiger partial charge in [0, 0.05) is 49.5 Å². The first-order chi connectivity index (χ1) is 33.2. The van der Waals surface area contributed by atoms with Gasteiger partial charge in [-0.25, -0.2) is 4.98 Å². The molecule has 312 valence electrons. The Balaban J connectivity index is 0.864. The largest absolute Gasteiger partial charge is 0.456 e. The molecule has 0 saturated carbocycles. The molecule has 9 aromatic carbocycles. The Morgan fingerprint density at radius 3 is 1.90 bits per heavy atom. The molecule has 3 aliphatic carbocycles. The highest BCUT2D eigenvalue weighted by Gasteiger charge is 2.54. The Kier molecular flexibility index (Phi) is 7.54. The zero-order valence-corrected chi connectivity index (χ0v) is 36.5. The van der Waals surface area contributed by atoms with Crippen molar-refractivity contribution in [1.29, 1.82) is 0 Å². The summed E-state index contributed by atoms with van der Waals surface area (Å²) in [5.74, 6) is 1.04. The molecule has 3 nitrogen and oxygen atoms in total. The Bertz CT molecular complexity index is 4040. The highest BCUT2D eigenvalue weighted by Crippen LogP contribution is 2.65. The lowest BCUT2D eigenvalue weighted by atomic mass is 9.67. The van der Waals surface area contributed by atoms with Crippen molar-refractivity contribution in [3.05, 3.63) is 258 Å². The average Bonchev–Trinajstić information content (AvgIpc) is 4.12. The summed E-state index contributed by atoms with van der Waals surface area (Å²) in [6, 6.07) is 80.1. The van der Waals surface area contributed by atoms with Gasteiger partial charge in [0.1, 0.15) is 11.3 Å². The minimum Gasteiger partial charge on any atom is -0.456 e. The van der Waals surface area contributed by atoms with Crippen molar-refractivity contribution in [1.82, 2.24) is 9.55 Å². The summed E-state index contributed by atoms with van der Waals surface area (Å²) in [7, 11) is 0. The van der Waals surface area contributed by atoms with Gasteiger partial charge in [0.25, 0.3) is 0 Å². The third-order valence-electron chi connectivity index (χ3n) is 15.2. The molecule has 0 fully saturated rings. The van der Waals surface area contributed by atoms with Crippen molar-refractivity contribution in [3.63, 3.8) is 0 Å². The van der Waals surface area contributed by atoms with Crippen molar-refractivity contribution in [3.8, 4) is 50.5 Å². The van der Waals surface area contributed by atoms with Gasteiger partial charge in [-0.2, -0.15) is 0 Å². The lowest BCUT2D eigenvalue weighted by Crippen LogP contribution is -2.28. The average molecular weight is 853 g/mol. The standard InChI is InChI=1S/C64H40N2O/c1-2-15-44(16-3-1)66-58-24-12-8-20-48(58)52-36-43(31-35-59(52)66)62-45-17-5-4-14-42(45)38-57(65-62)40-28-26-39(27-29-40)41-30-32-51-56(37-41)64(53-22-10-6-18-46(53)47-19-7-11-23-54(47)64)55-34-33-50-49-21-9-13-25-60(49)67-63(50)61(51)55/h1-32,35-38H,33-34H2. The molecule has 3 heteroatoms. The van der Waals surface area contributed by atoms with E-state index in [-0.39, 0.29) is 0 Å². The van der Waals surface area contributed by atoms with Gasteiger partial charge in [-0.15, -0.1) is 0 Å². The fraction of sp³-hybridized carbons (Fsp3) is 0.0469. The van der Waals surface area contributed by atoms with Crippen LogP contribution in [0.2, 0.25) is 0 Å². The molecule has 0 amide bonds. The van der Waals surface area contributed by atoms with Crippen molar-refractivity contribution in [2.45, 2.75) is 18.3 Å². The highest BCUT2D eigenvalue weighted by molar-refractivity contribution is 6.11. The zero-order valence-electron chi connectivity index (χ0n) is 36.5. The minimum absolute atomic E-state index is 0.407. The molecule has 1 spiro atoms. The Morgan fingerprint density at radius 1 is 0.433 bits per heavy atom. The number of allylic oxidation sites excluding steroid dienone is 1. The number of nitrogens with zero attached hydrogens (tertiary/aromatic N) is 2. The number of aromatic nitrogens is 2. The van der Waals surface area contributed by atoms with Crippen LogP contribution in [-0.4, -0.2) is 9.55 Å². The fourth-order valence-electron chi connectivity index (χ4n) is 12.4. The number of pyridine rings is 1. The Hall–Kier alpha value is -8.53. The summed E-state index contributed by atoms with van der Waals surface area (Å²) in [4.78, 5) is 5.49. The quantitative estimate of drug-likeness (QED) is 0.177. The summed E-state index contributed by atoms with van der Waals surface area (Å²) in [6.07, 6.45) is 1.93. The lowest BCUT2D eigenvalue weighted by Gasteiger charge is -2.34. The van der Waals surface area contributed by atoms with Crippen LogP contribution in [0.25, 0.3) is 99.6 Å². The second kappa shape index (κ2) is 13.7. The zero-order chi connectivity index (χ0) is 43.8. The van der Waals surface area contributed by atoms with Crippen LogP contribution in [-0.2, 0) is 11.8 Å². The normalized spacial score (nSPS) is 14.2. The molecule has 3 aromatic heterocycles. The fourth-order valence-corrected chi connectivity index (χ4v) is 12.4. The molecule has 0 saturated heterocycles. The number of fused-ring (bicyclic) bond motifs is 17. The molecule has 0 bridgehead atoms. The molecular formula is C64H40N2O. The molecule has 0 aliphatic heterocycles. The molecule has 0 radical (unpaired) electrons. The third-order valence-corrected chi connectivity index (χ3v) is 15.2. The van der Waals surface area contributed by atoms with Gasteiger partial charge in [-0.1, -0.05) is 170 Å². The van der Waals surface area contributed by atoms with Gasteiger partial charge in [0.05, 0.1) is 27.8 Å². The molecule has 0 N–H and O–H groups in total. The Labute approximate surface area is 387 Å². The van der Waals surface area contributed by atoms with Crippen LogP contribution in [0.1, 0.15) is 40.0 Å². The summed E-state index contributed by atoms with van der Waals surface area (Å²) in [6.45, 7) is 0. The van der Waals surface area contributed by atoms with Crippen LogP contribution in [0.5, 0.6) is 0 Å². The van der Waals surface area contributed by atoms with E-state index in [9.17, 15) is 0 Å². The third kappa shape index (κ3) is 5.03. The van der Waals surface area contributed by atoms with Gasteiger partial charge in [0.15, 0.2) is 0 Å². The van der Waals surface area contributed by atoms with Crippen LogP contribution in [0.3, 0.4) is 0 Å². The van der Waals surface area contributed by atoms with E-state index < -0.39 is 5.41 Å². The van der Waals surface area contributed by atoms with Crippen molar-refractivity contribution in [2.75, 3.05) is 0 Å². The van der Waals surface area contributed by atoms with Crippen LogP contribution >= 0.6 is 0 Å². The van der Waals surface area contributed by atoms with E-state index in [0.29, 0.717) is 0 Å². The van der Waals surface area contributed by atoms with E-state index in [1.807, 2.05) is 0 Å². The van der Waals surface area contributed by atoms with Crippen molar-refractivity contribution >= 4 is 49.1 Å². The molecule has 0 unspecified atom stereocenters. The summed E-state index contributed by atoms with van der Waals surface area (Å²) in [5, 5.41) is 5.99. The summed E-state index contributed by atoms with van der Waals surface area (Å²) >= 11 is 0. The van der Waals surface area contributed by atoms with E-state index in [4.69, 9.17) is 9.40 Å². The van der Waals surface area contributed by atoms with Gasteiger partial charge in [-0.3, -0.25) is 0 Å². The minimum atomic E-state index is -0.407. The number of para-hydroxylation sites is 3. The van der Waals surface area contributed by atoms with Crippen LogP contribution in [0, 0.1) is 0 Å². The monoisotopic (exact) mass is 852 g/mol. The predicted octanol–water partition coefficient (Wildman–Crippen LogP) is 16.2. The van der Waals surface area contributed by atoms with Gasteiger partial charge in [-0.05, 0) is 117 Å². The number of benzene rings is 9. The van der Waals surface area contributed by atoms with Crippen LogP contribution in [0.4, 0.5) is 0 Å². The van der Waals surface area contributed by atoms with Crippen molar-refractivity contribution in [2.24, 2.45) is 0 Å². The SMILES string of the molecule is c1ccc(-n2c3ccccc3c3cc(-c4nc(-c5ccc(-c6ccc7c(c6)C6(C8=C7c7oc9ccccc9c7CC8)c7ccccc7-c7ccccc76)cc5)cc5ccccc45)ccc32)cc1. The first-order valence-electron chi connectivity index (χ1n) is 23.4. The van der Waals surface area contributed by atoms with E-state index in [0.717, 1.165) is 57.8 Å². The summed E-state index contributed by atoms with van der Waals surface area (Å²) < 4.78 is 9.23. The smallest absolute Gasteiger partial charge is 0.139 e. The lowest BCUT2D eigenvalue weighted by molar-refractivity contribution is 0.585. The molecule has 3 aliphatic rings. The first-order valence-corrected chi connectivity index (χ1v) is 23.4. The number of rotatable bonds is 4. The topological polar surface area (TPSA) is 31.0 Å². The van der Waals surface area contributed by atoms with E-state index in [2.05, 4.69) is 223 Å². The maximum atomic E-state index is 6.86. The summed E-state index contributed by atoms with van der Waals surface area (Å²) in [5.41, 5.74) is 22.7. The van der Waals surface area contributed by atoms with Crippen LogP contribution in [0.15, 0.2) is 228 Å². The second-order valence-corrected chi connectivity index (χ2v) is 18.4. The van der Waals surface area contributed by atoms with Gasteiger partial charge < -0.3 is 8.98 Å². The highest BCUT2D eigenvalue weighted by atomic mass is 16.3. The molecule has 15 rings (SSSR count). The van der Waals surface area contributed by atoms with Gasteiger partial charge >= 0.3 is 0 Å². The number of hydrogen-bond donors (Lipinski definition) is 0. The van der Waals surface area contributed by atoms with E-state index in [1.54, 1.807) is 0 Å². The van der Waals surface area contributed by atoms with Crippen molar-refractivity contribution < 1.29 is 4.42 Å². The Morgan fingerprint density at radius 2 is 1.07 bits per heavy atom. The molecule has 67 heavy (non-hydrogen) atoms. The molecule has 3 heterocycles. The number of furan rings is 1. The first kappa shape index (κ1) is 36.8.